The van der Waals surface area contributed by atoms with Gasteiger partial charge in [-0.2, -0.15) is 0 Å². The highest BCUT2D eigenvalue weighted by Gasteiger charge is 2.21. The molecule has 0 aromatic heterocycles. The fourth-order valence-electron chi connectivity index (χ4n) is 2.66. The van der Waals surface area contributed by atoms with Gasteiger partial charge in [-0.25, -0.2) is 0 Å². The SMILES string of the molecule is Cc1ccc2c(c1)CN(C(=O)c1cccc(Cl)c1)CC2. The molecule has 2 nitrogen and oxygen atoms in total. The Hall–Kier alpha value is -1.80. The zero-order valence-electron chi connectivity index (χ0n) is 11.4. The number of carbonyl (C=O) groups is 1. The van der Waals surface area contributed by atoms with Gasteiger partial charge >= 0.3 is 0 Å². The predicted molar refractivity (Wildman–Crippen MR) is 81.1 cm³/mol. The zero-order chi connectivity index (χ0) is 14.1. The number of hydrogen-bond acceptors (Lipinski definition) is 1. The van der Waals surface area contributed by atoms with Crippen LogP contribution in [0.15, 0.2) is 42.5 Å². The zero-order valence-corrected chi connectivity index (χ0v) is 12.2. The fraction of sp³-hybridized carbons (Fsp3) is 0.235. The summed E-state index contributed by atoms with van der Waals surface area (Å²) in [5.74, 6) is 0.0552. The van der Waals surface area contributed by atoms with Gasteiger partial charge in [0.15, 0.2) is 0 Å². The first kappa shape index (κ1) is 13.2. The van der Waals surface area contributed by atoms with Crippen LogP contribution in [0, 0.1) is 6.92 Å². The molecule has 3 rings (SSSR count). The molecule has 102 valence electrons. The maximum absolute atomic E-state index is 12.5. The molecule has 1 aliphatic rings. The van der Waals surface area contributed by atoms with Crippen molar-refractivity contribution in [3.05, 3.63) is 69.7 Å². The van der Waals surface area contributed by atoms with E-state index in [4.69, 9.17) is 11.6 Å². The summed E-state index contributed by atoms with van der Waals surface area (Å²) >= 11 is 5.96. The van der Waals surface area contributed by atoms with E-state index in [1.807, 2.05) is 17.0 Å². The van der Waals surface area contributed by atoms with E-state index < -0.39 is 0 Å². The Kier molecular flexibility index (Phi) is 3.49. The molecule has 2 aromatic carbocycles. The van der Waals surface area contributed by atoms with Crippen molar-refractivity contribution in [1.82, 2.24) is 4.90 Å². The molecule has 0 saturated heterocycles. The van der Waals surface area contributed by atoms with E-state index in [1.165, 1.54) is 16.7 Å². The third-order valence-corrected chi connectivity index (χ3v) is 3.97. The fourth-order valence-corrected chi connectivity index (χ4v) is 2.85. The lowest BCUT2D eigenvalue weighted by molar-refractivity contribution is 0.0734. The third-order valence-electron chi connectivity index (χ3n) is 3.73. The molecule has 20 heavy (non-hydrogen) atoms. The maximum Gasteiger partial charge on any atom is 0.254 e. The van der Waals surface area contributed by atoms with Gasteiger partial charge in [-0.3, -0.25) is 4.79 Å². The molecule has 0 unspecified atom stereocenters. The standard InChI is InChI=1S/C17H16ClNO/c1-12-5-6-13-7-8-19(11-15(13)9-12)17(20)14-3-2-4-16(18)10-14/h2-6,9-10H,7-8,11H2,1H3. The van der Waals surface area contributed by atoms with Crippen molar-refractivity contribution < 1.29 is 4.79 Å². The van der Waals surface area contributed by atoms with Crippen LogP contribution in [-0.4, -0.2) is 17.4 Å². The van der Waals surface area contributed by atoms with E-state index >= 15 is 0 Å². The van der Waals surface area contributed by atoms with Crippen molar-refractivity contribution in [2.24, 2.45) is 0 Å². The minimum Gasteiger partial charge on any atom is -0.334 e. The smallest absolute Gasteiger partial charge is 0.254 e. The Morgan fingerprint density at radius 2 is 2.00 bits per heavy atom. The van der Waals surface area contributed by atoms with Crippen LogP contribution in [0.3, 0.4) is 0 Å². The molecular weight excluding hydrogens is 270 g/mol. The number of rotatable bonds is 1. The summed E-state index contributed by atoms with van der Waals surface area (Å²) in [5, 5.41) is 0.601. The summed E-state index contributed by atoms with van der Waals surface area (Å²) in [7, 11) is 0. The Balaban J connectivity index is 1.84. The number of carbonyl (C=O) groups excluding carboxylic acids is 1. The highest BCUT2D eigenvalue weighted by Crippen LogP contribution is 2.22. The van der Waals surface area contributed by atoms with E-state index in [0.29, 0.717) is 17.1 Å². The summed E-state index contributed by atoms with van der Waals surface area (Å²) in [6.45, 7) is 3.53. The summed E-state index contributed by atoms with van der Waals surface area (Å²) in [5.41, 5.74) is 4.51. The number of amides is 1. The molecule has 1 aliphatic heterocycles. The molecule has 2 aromatic rings. The first-order valence-corrected chi connectivity index (χ1v) is 7.14. The summed E-state index contributed by atoms with van der Waals surface area (Å²) in [4.78, 5) is 14.4. The Morgan fingerprint density at radius 1 is 1.15 bits per heavy atom. The minimum absolute atomic E-state index is 0.0552. The van der Waals surface area contributed by atoms with Crippen LogP contribution >= 0.6 is 11.6 Å². The highest BCUT2D eigenvalue weighted by atomic mass is 35.5. The molecule has 3 heteroatoms. The number of hydrogen-bond donors (Lipinski definition) is 0. The lowest BCUT2D eigenvalue weighted by Crippen LogP contribution is -2.36. The van der Waals surface area contributed by atoms with Crippen LogP contribution in [0.4, 0.5) is 0 Å². The van der Waals surface area contributed by atoms with E-state index in [1.54, 1.807) is 12.1 Å². The van der Waals surface area contributed by atoms with E-state index in [-0.39, 0.29) is 5.91 Å². The average molecular weight is 286 g/mol. The van der Waals surface area contributed by atoms with Crippen LogP contribution in [0.5, 0.6) is 0 Å². The van der Waals surface area contributed by atoms with Gasteiger partial charge in [0.25, 0.3) is 5.91 Å². The number of benzene rings is 2. The topological polar surface area (TPSA) is 20.3 Å². The lowest BCUT2D eigenvalue weighted by atomic mass is 9.97. The number of fused-ring (bicyclic) bond motifs is 1. The van der Waals surface area contributed by atoms with E-state index in [0.717, 1.165) is 13.0 Å². The van der Waals surface area contributed by atoms with E-state index in [9.17, 15) is 4.79 Å². The van der Waals surface area contributed by atoms with Crippen LogP contribution in [0.1, 0.15) is 27.0 Å². The molecule has 0 N–H and O–H groups in total. The first-order chi connectivity index (χ1) is 9.63. The van der Waals surface area contributed by atoms with Crippen molar-refractivity contribution in [2.45, 2.75) is 19.9 Å². The Labute approximate surface area is 124 Å². The van der Waals surface area contributed by atoms with Gasteiger partial charge in [0.2, 0.25) is 0 Å². The van der Waals surface area contributed by atoms with Crippen LogP contribution < -0.4 is 0 Å². The van der Waals surface area contributed by atoms with Crippen molar-refractivity contribution in [3.8, 4) is 0 Å². The molecule has 0 saturated carbocycles. The Morgan fingerprint density at radius 3 is 2.80 bits per heavy atom. The van der Waals surface area contributed by atoms with Crippen LogP contribution in [0.2, 0.25) is 5.02 Å². The lowest BCUT2D eigenvalue weighted by Gasteiger charge is -2.29. The number of nitrogens with zero attached hydrogens (tertiary/aromatic N) is 1. The van der Waals surface area contributed by atoms with Crippen molar-refractivity contribution in [1.29, 1.82) is 0 Å². The van der Waals surface area contributed by atoms with Crippen molar-refractivity contribution in [2.75, 3.05) is 6.54 Å². The molecule has 0 fully saturated rings. The van der Waals surface area contributed by atoms with Gasteiger partial charge in [0.1, 0.15) is 0 Å². The third kappa shape index (κ3) is 2.56. The first-order valence-electron chi connectivity index (χ1n) is 6.77. The molecule has 1 amide bonds. The highest BCUT2D eigenvalue weighted by molar-refractivity contribution is 6.30. The molecule has 0 radical (unpaired) electrons. The van der Waals surface area contributed by atoms with Gasteiger partial charge in [-0.05, 0) is 42.7 Å². The second-order valence-corrected chi connectivity index (χ2v) is 5.70. The van der Waals surface area contributed by atoms with Crippen LogP contribution in [-0.2, 0) is 13.0 Å². The summed E-state index contributed by atoms with van der Waals surface area (Å²) in [6, 6.07) is 13.6. The van der Waals surface area contributed by atoms with E-state index in [2.05, 4.69) is 25.1 Å². The van der Waals surface area contributed by atoms with Gasteiger partial charge in [-0.1, -0.05) is 41.4 Å². The minimum atomic E-state index is 0.0552. The number of halogens is 1. The molecule has 1 heterocycles. The predicted octanol–water partition coefficient (Wildman–Crippen LogP) is 3.85. The second-order valence-electron chi connectivity index (χ2n) is 5.26. The molecular formula is C17H16ClNO. The Bertz CT molecular complexity index is 666. The van der Waals surface area contributed by atoms with Crippen molar-refractivity contribution in [3.63, 3.8) is 0 Å². The van der Waals surface area contributed by atoms with Crippen LogP contribution in [0.25, 0.3) is 0 Å². The maximum atomic E-state index is 12.5. The molecule has 0 bridgehead atoms. The van der Waals surface area contributed by atoms with Gasteiger partial charge in [-0.15, -0.1) is 0 Å². The molecule has 0 spiro atoms. The summed E-state index contributed by atoms with van der Waals surface area (Å²) in [6.07, 6.45) is 0.919. The number of aryl methyl sites for hydroxylation is 1. The quantitative estimate of drug-likeness (QED) is 0.779. The normalized spacial score (nSPS) is 14.0. The largest absolute Gasteiger partial charge is 0.334 e. The van der Waals surface area contributed by atoms with Gasteiger partial charge in [0, 0.05) is 23.7 Å². The average Bonchev–Trinajstić information content (AvgIpc) is 2.45. The van der Waals surface area contributed by atoms with Gasteiger partial charge in [0.05, 0.1) is 0 Å². The molecule has 0 aliphatic carbocycles. The monoisotopic (exact) mass is 285 g/mol. The summed E-state index contributed by atoms with van der Waals surface area (Å²) < 4.78 is 0. The van der Waals surface area contributed by atoms with Gasteiger partial charge < -0.3 is 4.90 Å². The van der Waals surface area contributed by atoms with Crippen molar-refractivity contribution >= 4 is 17.5 Å². The molecule has 0 atom stereocenters. The second kappa shape index (κ2) is 5.29.